The van der Waals surface area contributed by atoms with E-state index in [1.165, 1.54) is 25.7 Å². The van der Waals surface area contributed by atoms with Gasteiger partial charge < -0.3 is 4.90 Å². The molecule has 0 saturated carbocycles. The number of benzene rings is 1. The number of halogens is 1. The summed E-state index contributed by atoms with van der Waals surface area (Å²) in [5.74, 6) is 1.10. The molecule has 2 heterocycles. The first-order valence-corrected chi connectivity index (χ1v) is 7.76. The Morgan fingerprint density at radius 2 is 2.21 bits per heavy atom. The highest BCUT2D eigenvalue weighted by Gasteiger charge is 2.23. The molecule has 1 saturated heterocycles. The molecule has 19 heavy (non-hydrogen) atoms. The van der Waals surface area contributed by atoms with Crippen molar-refractivity contribution in [3.63, 3.8) is 0 Å². The van der Waals surface area contributed by atoms with Crippen molar-refractivity contribution < 1.29 is 0 Å². The molecule has 3 rings (SSSR count). The molecule has 0 bridgehead atoms. The fourth-order valence-corrected chi connectivity index (χ4v) is 3.44. The summed E-state index contributed by atoms with van der Waals surface area (Å²) in [4.78, 5) is 11.4. The first-order valence-electron chi connectivity index (χ1n) is 6.97. The van der Waals surface area contributed by atoms with Crippen LogP contribution in [0.5, 0.6) is 0 Å². The maximum Gasteiger partial charge on any atom is 0.140 e. The number of para-hydroxylation sites is 1. The average Bonchev–Trinajstić information content (AvgIpc) is 2.47. The van der Waals surface area contributed by atoms with Crippen molar-refractivity contribution in [3.05, 3.63) is 29.0 Å². The van der Waals surface area contributed by atoms with E-state index >= 15 is 0 Å². The minimum atomic E-state index is 0.617. The predicted octanol–water partition coefficient (Wildman–Crippen LogP) is 4.16. The Bertz CT molecular complexity index is 585. The lowest BCUT2D eigenvalue weighted by molar-refractivity contribution is 0.448. The Hall–Kier alpha value is -1.16. The van der Waals surface area contributed by atoms with Crippen molar-refractivity contribution in [2.24, 2.45) is 0 Å². The van der Waals surface area contributed by atoms with Crippen LogP contribution in [0.1, 0.15) is 32.6 Å². The van der Waals surface area contributed by atoms with Gasteiger partial charge in [-0.3, -0.25) is 0 Å². The molecule has 1 aliphatic rings. The summed E-state index contributed by atoms with van der Waals surface area (Å²) >= 11 is 3.58. The Morgan fingerprint density at radius 3 is 3.05 bits per heavy atom. The van der Waals surface area contributed by atoms with E-state index in [1.807, 2.05) is 6.07 Å². The van der Waals surface area contributed by atoms with E-state index < -0.39 is 0 Å². The van der Waals surface area contributed by atoms with Crippen LogP contribution in [-0.4, -0.2) is 22.6 Å². The molecular weight excluding hydrogens is 302 g/mol. The second-order valence-electron chi connectivity index (χ2n) is 5.08. The van der Waals surface area contributed by atoms with Gasteiger partial charge in [0.2, 0.25) is 0 Å². The number of anilines is 1. The first kappa shape index (κ1) is 12.9. The number of nitrogens with zero attached hydrogens (tertiary/aromatic N) is 3. The predicted molar refractivity (Wildman–Crippen MR) is 82.5 cm³/mol. The second-order valence-corrected chi connectivity index (χ2v) is 5.94. The van der Waals surface area contributed by atoms with Gasteiger partial charge in [0.05, 0.1) is 5.52 Å². The van der Waals surface area contributed by atoms with Crippen LogP contribution in [0, 0.1) is 0 Å². The van der Waals surface area contributed by atoms with E-state index in [9.17, 15) is 0 Å². The molecule has 3 nitrogen and oxygen atoms in total. The van der Waals surface area contributed by atoms with Crippen LogP contribution < -0.4 is 4.90 Å². The monoisotopic (exact) mass is 319 g/mol. The van der Waals surface area contributed by atoms with Gasteiger partial charge in [-0.2, -0.15) is 0 Å². The molecule has 1 aromatic heterocycles. The zero-order valence-corrected chi connectivity index (χ0v) is 12.7. The van der Waals surface area contributed by atoms with E-state index in [1.54, 1.807) is 6.33 Å². The van der Waals surface area contributed by atoms with Gasteiger partial charge in [-0.1, -0.05) is 13.0 Å². The number of rotatable bonds is 2. The maximum atomic E-state index is 4.56. The van der Waals surface area contributed by atoms with Crippen molar-refractivity contribution in [2.45, 2.75) is 38.6 Å². The third-order valence-electron chi connectivity index (χ3n) is 3.96. The molecule has 2 aromatic rings. The van der Waals surface area contributed by atoms with Crippen molar-refractivity contribution in [3.8, 4) is 0 Å². The standard InChI is InChI=1S/C15H18BrN3/c1-2-11-6-3-4-9-19(11)15-12-7-5-8-13(16)14(12)17-10-18-15/h5,7-8,10-11H,2-4,6,9H2,1H3. The van der Waals surface area contributed by atoms with Crippen molar-refractivity contribution in [2.75, 3.05) is 11.4 Å². The Morgan fingerprint density at radius 1 is 1.32 bits per heavy atom. The molecule has 1 aliphatic heterocycles. The normalized spacial score (nSPS) is 19.9. The lowest BCUT2D eigenvalue weighted by Gasteiger charge is -2.36. The van der Waals surface area contributed by atoms with Crippen LogP contribution >= 0.6 is 15.9 Å². The highest BCUT2D eigenvalue weighted by Crippen LogP contribution is 2.32. The summed E-state index contributed by atoms with van der Waals surface area (Å²) in [5, 5.41) is 1.15. The third kappa shape index (κ3) is 2.34. The average molecular weight is 320 g/mol. The summed E-state index contributed by atoms with van der Waals surface area (Å²) in [6.45, 7) is 3.37. The molecule has 100 valence electrons. The fraction of sp³-hybridized carbons (Fsp3) is 0.467. The summed E-state index contributed by atoms with van der Waals surface area (Å²) < 4.78 is 1.04. The number of fused-ring (bicyclic) bond motifs is 1. The van der Waals surface area contributed by atoms with Gasteiger partial charge in [-0.05, 0) is 53.7 Å². The molecular formula is C15H18BrN3. The highest BCUT2D eigenvalue weighted by molar-refractivity contribution is 9.10. The van der Waals surface area contributed by atoms with Gasteiger partial charge in [0.15, 0.2) is 0 Å². The molecule has 0 aliphatic carbocycles. The molecule has 1 fully saturated rings. The SMILES string of the molecule is CCC1CCCCN1c1ncnc2c(Br)cccc12. The Labute approximate surface area is 122 Å². The number of hydrogen-bond donors (Lipinski definition) is 0. The van der Waals surface area contributed by atoms with Gasteiger partial charge in [0.25, 0.3) is 0 Å². The van der Waals surface area contributed by atoms with Gasteiger partial charge >= 0.3 is 0 Å². The van der Waals surface area contributed by atoms with Crippen molar-refractivity contribution in [1.29, 1.82) is 0 Å². The van der Waals surface area contributed by atoms with E-state index in [4.69, 9.17) is 0 Å². The molecule has 1 atom stereocenters. The summed E-state index contributed by atoms with van der Waals surface area (Å²) in [5.41, 5.74) is 1.01. The molecule has 0 N–H and O–H groups in total. The molecule has 1 aromatic carbocycles. The molecule has 0 spiro atoms. The lowest BCUT2D eigenvalue weighted by atomic mass is 9.99. The van der Waals surface area contributed by atoms with Gasteiger partial charge in [-0.15, -0.1) is 0 Å². The van der Waals surface area contributed by atoms with E-state index in [0.717, 1.165) is 27.7 Å². The van der Waals surface area contributed by atoms with Crippen LogP contribution in [-0.2, 0) is 0 Å². The minimum absolute atomic E-state index is 0.617. The maximum absolute atomic E-state index is 4.56. The molecule has 0 amide bonds. The molecule has 4 heteroatoms. The quantitative estimate of drug-likeness (QED) is 0.832. The number of piperidine rings is 1. The number of hydrogen-bond acceptors (Lipinski definition) is 3. The van der Waals surface area contributed by atoms with Crippen molar-refractivity contribution in [1.82, 2.24) is 9.97 Å². The number of aromatic nitrogens is 2. The lowest BCUT2D eigenvalue weighted by Crippen LogP contribution is -2.39. The van der Waals surface area contributed by atoms with Crippen LogP contribution in [0.25, 0.3) is 10.9 Å². The smallest absolute Gasteiger partial charge is 0.140 e. The van der Waals surface area contributed by atoms with Crippen molar-refractivity contribution >= 4 is 32.7 Å². The molecule has 0 radical (unpaired) electrons. The summed E-state index contributed by atoms with van der Waals surface area (Å²) in [6.07, 6.45) is 6.73. The minimum Gasteiger partial charge on any atom is -0.353 e. The zero-order valence-electron chi connectivity index (χ0n) is 11.1. The molecule has 1 unspecified atom stereocenters. The fourth-order valence-electron chi connectivity index (χ4n) is 2.97. The Kier molecular flexibility index (Phi) is 3.69. The van der Waals surface area contributed by atoms with E-state index in [2.05, 4.69) is 49.9 Å². The Balaban J connectivity index is 2.11. The highest BCUT2D eigenvalue weighted by atomic mass is 79.9. The van der Waals surface area contributed by atoms with Gasteiger partial charge in [0.1, 0.15) is 12.1 Å². The third-order valence-corrected chi connectivity index (χ3v) is 4.60. The van der Waals surface area contributed by atoms with Crippen LogP contribution in [0.3, 0.4) is 0 Å². The summed E-state index contributed by atoms with van der Waals surface area (Å²) in [6, 6.07) is 6.83. The van der Waals surface area contributed by atoms with Crippen LogP contribution in [0.2, 0.25) is 0 Å². The zero-order chi connectivity index (χ0) is 13.2. The van der Waals surface area contributed by atoms with Gasteiger partial charge in [-0.25, -0.2) is 9.97 Å². The topological polar surface area (TPSA) is 29.0 Å². The first-order chi connectivity index (χ1) is 9.31. The second kappa shape index (κ2) is 5.45. The van der Waals surface area contributed by atoms with Crippen LogP contribution in [0.15, 0.2) is 29.0 Å². The summed E-state index contributed by atoms with van der Waals surface area (Å²) in [7, 11) is 0. The van der Waals surface area contributed by atoms with Gasteiger partial charge in [0, 0.05) is 22.4 Å². The van der Waals surface area contributed by atoms with Crippen LogP contribution in [0.4, 0.5) is 5.82 Å². The van der Waals surface area contributed by atoms with E-state index in [0.29, 0.717) is 6.04 Å². The largest absolute Gasteiger partial charge is 0.353 e. The van der Waals surface area contributed by atoms with E-state index in [-0.39, 0.29) is 0 Å².